The molecule has 6 heteroatoms. The molecule has 2 aromatic heterocycles. The molecule has 0 aliphatic heterocycles. The summed E-state index contributed by atoms with van der Waals surface area (Å²) in [4.78, 5) is 15.2. The lowest BCUT2D eigenvalue weighted by Crippen LogP contribution is -2.42. The Balaban J connectivity index is 2.18. The zero-order valence-electron chi connectivity index (χ0n) is 14.5. The van der Waals surface area contributed by atoms with Crippen molar-refractivity contribution >= 4 is 17.2 Å². The third kappa shape index (κ3) is 4.55. The fraction of sp³-hybridized carbons (Fsp3) is 0.444. The average molecular weight is 347 g/mol. The van der Waals surface area contributed by atoms with Crippen molar-refractivity contribution in [1.29, 1.82) is 0 Å². The fourth-order valence-electron chi connectivity index (χ4n) is 2.79. The molecule has 1 amide bonds. The van der Waals surface area contributed by atoms with Gasteiger partial charge in [0.15, 0.2) is 0 Å². The third-order valence-corrected chi connectivity index (χ3v) is 4.95. The highest BCUT2D eigenvalue weighted by Gasteiger charge is 2.29. The number of carbonyl (C=O) groups is 1. The van der Waals surface area contributed by atoms with Crippen LogP contribution in [0.3, 0.4) is 0 Å². The maximum absolute atomic E-state index is 12.3. The zero-order chi connectivity index (χ0) is 17.7. The van der Waals surface area contributed by atoms with Crippen LogP contribution in [-0.2, 0) is 24.8 Å². The van der Waals surface area contributed by atoms with Gasteiger partial charge in [0.05, 0.1) is 18.8 Å². The van der Waals surface area contributed by atoms with Gasteiger partial charge >= 0.3 is 0 Å². The van der Waals surface area contributed by atoms with E-state index in [0.29, 0.717) is 13.1 Å². The Morgan fingerprint density at radius 2 is 2.33 bits per heavy atom. The van der Waals surface area contributed by atoms with Crippen LogP contribution in [0.2, 0.25) is 0 Å². The van der Waals surface area contributed by atoms with Gasteiger partial charge in [-0.1, -0.05) is 19.6 Å². The normalized spacial score (nSPS) is 13.5. The van der Waals surface area contributed by atoms with Crippen LogP contribution >= 0.6 is 11.3 Å². The molecule has 130 valence electrons. The van der Waals surface area contributed by atoms with Gasteiger partial charge in [0.2, 0.25) is 5.91 Å². The van der Waals surface area contributed by atoms with Crippen LogP contribution in [0.5, 0.6) is 0 Å². The van der Waals surface area contributed by atoms with Crippen molar-refractivity contribution < 1.29 is 9.90 Å². The molecule has 1 N–H and O–H groups in total. The predicted octanol–water partition coefficient (Wildman–Crippen LogP) is 2.55. The highest BCUT2D eigenvalue weighted by molar-refractivity contribution is 7.09. The Hall–Kier alpha value is -1.92. The Labute approximate surface area is 147 Å². The SMILES string of the molecule is C=CC(=O)N(Cc1nn(C)cc1C)CC(C)(CO)Cc1cccs1. The molecule has 0 fully saturated rings. The highest BCUT2D eigenvalue weighted by Crippen LogP contribution is 2.27. The summed E-state index contributed by atoms with van der Waals surface area (Å²) in [7, 11) is 1.87. The summed E-state index contributed by atoms with van der Waals surface area (Å²) in [5.41, 5.74) is 1.50. The number of aliphatic hydroxyl groups is 1. The number of hydrogen-bond donors (Lipinski definition) is 1. The summed E-state index contributed by atoms with van der Waals surface area (Å²) in [6, 6.07) is 4.06. The van der Waals surface area contributed by atoms with Crippen molar-refractivity contribution in [2.75, 3.05) is 13.2 Å². The van der Waals surface area contributed by atoms with Gasteiger partial charge in [-0.05, 0) is 36.4 Å². The number of carbonyl (C=O) groups excluding carboxylic acids is 1. The van der Waals surface area contributed by atoms with Crippen LogP contribution in [0.15, 0.2) is 36.4 Å². The summed E-state index contributed by atoms with van der Waals surface area (Å²) in [5, 5.41) is 16.4. The van der Waals surface area contributed by atoms with Gasteiger partial charge in [-0.25, -0.2) is 0 Å². The molecule has 2 heterocycles. The van der Waals surface area contributed by atoms with E-state index in [0.717, 1.165) is 17.7 Å². The van der Waals surface area contributed by atoms with Gasteiger partial charge in [0.1, 0.15) is 0 Å². The maximum Gasteiger partial charge on any atom is 0.246 e. The Kier molecular flexibility index (Phi) is 5.96. The lowest BCUT2D eigenvalue weighted by molar-refractivity contribution is -0.128. The second-order valence-electron chi connectivity index (χ2n) is 6.56. The maximum atomic E-state index is 12.3. The van der Waals surface area contributed by atoms with Crippen LogP contribution in [0, 0.1) is 12.3 Å². The number of aromatic nitrogens is 2. The number of thiophene rings is 1. The van der Waals surface area contributed by atoms with E-state index >= 15 is 0 Å². The number of hydrogen-bond acceptors (Lipinski definition) is 4. The topological polar surface area (TPSA) is 58.4 Å². The van der Waals surface area contributed by atoms with E-state index in [4.69, 9.17) is 0 Å². The zero-order valence-corrected chi connectivity index (χ0v) is 15.3. The molecule has 2 rings (SSSR count). The number of aryl methyl sites for hydroxylation is 2. The molecule has 5 nitrogen and oxygen atoms in total. The number of nitrogens with zero attached hydrogens (tertiary/aromatic N) is 3. The van der Waals surface area contributed by atoms with Gasteiger partial charge < -0.3 is 10.0 Å². The molecule has 0 aromatic carbocycles. The molecule has 0 saturated heterocycles. The fourth-order valence-corrected chi connectivity index (χ4v) is 3.71. The minimum atomic E-state index is -0.411. The molecule has 0 aliphatic carbocycles. The number of amides is 1. The first-order valence-corrected chi connectivity index (χ1v) is 8.78. The monoisotopic (exact) mass is 347 g/mol. The highest BCUT2D eigenvalue weighted by atomic mass is 32.1. The first-order valence-electron chi connectivity index (χ1n) is 7.90. The standard InChI is InChI=1S/C18H25N3O2S/c1-5-17(23)21(11-16-14(2)10-20(4)19-16)12-18(3,13-22)9-15-7-6-8-24-15/h5-8,10,22H,1,9,11-13H2,2-4H3. The molecule has 0 saturated carbocycles. The Bertz CT molecular complexity index is 693. The Morgan fingerprint density at radius 1 is 1.58 bits per heavy atom. The molecule has 0 aliphatic rings. The van der Waals surface area contributed by atoms with Crippen LogP contribution in [0.25, 0.3) is 0 Å². The molecule has 24 heavy (non-hydrogen) atoms. The van der Waals surface area contributed by atoms with E-state index in [1.807, 2.05) is 38.5 Å². The molecular weight excluding hydrogens is 322 g/mol. The second-order valence-corrected chi connectivity index (χ2v) is 7.59. The molecule has 1 atom stereocenters. The summed E-state index contributed by atoms with van der Waals surface area (Å²) < 4.78 is 1.75. The summed E-state index contributed by atoms with van der Waals surface area (Å²) in [6.07, 6.45) is 3.98. The summed E-state index contributed by atoms with van der Waals surface area (Å²) >= 11 is 1.67. The minimum Gasteiger partial charge on any atom is -0.396 e. The first kappa shape index (κ1) is 18.4. The smallest absolute Gasteiger partial charge is 0.246 e. The van der Waals surface area contributed by atoms with E-state index in [-0.39, 0.29) is 12.5 Å². The molecule has 0 radical (unpaired) electrons. The van der Waals surface area contributed by atoms with Crippen molar-refractivity contribution in [1.82, 2.24) is 14.7 Å². The second kappa shape index (κ2) is 7.77. The number of rotatable bonds is 8. The minimum absolute atomic E-state index is 0.00697. The van der Waals surface area contributed by atoms with Crippen LogP contribution in [0.1, 0.15) is 23.1 Å². The quantitative estimate of drug-likeness (QED) is 0.747. The van der Waals surface area contributed by atoms with Gasteiger partial charge in [-0.15, -0.1) is 11.3 Å². The largest absolute Gasteiger partial charge is 0.396 e. The van der Waals surface area contributed by atoms with E-state index in [1.54, 1.807) is 20.9 Å². The molecule has 2 aromatic rings. The van der Waals surface area contributed by atoms with Crippen molar-refractivity contribution in [3.8, 4) is 0 Å². The van der Waals surface area contributed by atoms with Crippen molar-refractivity contribution in [2.45, 2.75) is 26.8 Å². The van der Waals surface area contributed by atoms with Crippen molar-refractivity contribution in [3.05, 3.63) is 52.5 Å². The van der Waals surface area contributed by atoms with Crippen molar-refractivity contribution in [3.63, 3.8) is 0 Å². The molecule has 1 unspecified atom stereocenters. The van der Waals surface area contributed by atoms with Crippen LogP contribution < -0.4 is 0 Å². The lowest BCUT2D eigenvalue weighted by Gasteiger charge is -2.33. The Morgan fingerprint density at radius 3 is 2.83 bits per heavy atom. The number of aliphatic hydroxyl groups excluding tert-OH is 1. The summed E-state index contributed by atoms with van der Waals surface area (Å²) in [5.74, 6) is -0.147. The predicted molar refractivity (Wildman–Crippen MR) is 96.8 cm³/mol. The van der Waals surface area contributed by atoms with E-state index in [1.165, 1.54) is 11.0 Å². The molecule has 0 spiro atoms. The van der Waals surface area contributed by atoms with Gasteiger partial charge in [0.25, 0.3) is 0 Å². The third-order valence-electron chi connectivity index (χ3n) is 4.08. The van der Waals surface area contributed by atoms with E-state index < -0.39 is 5.41 Å². The van der Waals surface area contributed by atoms with Crippen LogP contribution in [0.4, 0.5) is 0 Å². The van der Waals surface area contributed by atoms with Gasteiger partial charge in [-0.2, -0.15) is 5.10 Å². The van der Waals surface area contributed by atoms with E-state index in [2.05, 4.69) is 17.7 Å². The molecule has 0 bridgehead atoms. The summed E-state index contributed by atoms with van der Waals surface area (Å²) in [6.45, 7) is 8.46. The lowest BCUT2D eigenvalue weighted by atomic mass is 9.86. The van der Waals surface area contributed by atoms with E-state index in [9.17, 15) is 9.90 Å². The van der Waals surface area contributed by atoms with Crippen LogP contribution in [-0.4, -0.2) is 38.8 Å². The van der Waals surface area contributed by atoms with Gasteiger partial charge in [0, 0.05) is 30.1 Å². The van der Waals surface area contributed by atoms with Gasteiger partial charge in [-0.3, -0.25) is 9.48 Å². The first-order chi connectivity index (χ1) is 11.4. The van der Waals surface area contributed by atoms with Crippen molar-refractivity contribution in [2.24, 2.45) is 12.5 Å². The molecular formula is C18H25N3O2S. The average Bonchev–Trinajstić information content (AvgIpc) is 3.15.